The molecule has 4 heteroatoms. The molecule has 1 aromatic heterocycles. The van der Waals surface area contributed by atoms with Crippen molar-refractivity contribution < 1.29 is 0 Å². The van der Waals surface area contributed by atoms with E-state index in [2.05, 4.69) is 34.6 Å². The van der Waals surface area contributed by atoms with Crippen molar-refractivity contribution in [1.29, 1.82) is 0 Å². The lowest BCUT2D eigenvalue weighted by Crippen LogP contribution is -2.38. The molecule has 0 atom stereocenters. The quantitative estimate of drug-likeness (QED) is 0.854. The highest BCUT2D eigenvalue weighted by atomic mass is 32.1. The summed E-state index contributed by atoms with van der Waals surface area (Å²) in [5.41, 5.74) is 2.78. The Bertz CT molecular complexity index is 654. The maximum atomic E-state index is 5.16. The van der Waals surface area contributed by atoms with Crippen molar-refractivity contribution in [3.05, 3.63) is 47.0 Å². The molecule has 3 nitrogen and oxygen atoms in total. The van der Waals surface area contributed by atoms with Gasteiger partial charge in [-0.25, -0.2) is 4.98 Å². The molecular weight excluding hydrogens is 278 g/mol. The largest absolute Gasteiger partial charge is 0.316 e. The zero-order chi connectivity index (χ0) is 14.1. The van der Waals surface area contributed by atoms with Crippen LogP contribution in [0, 0.1) is 0 Å². The van der Waals surface area contributed by atoms with E-state index in [1.165, 1.54) is 43.2 Å². The Morgan fingerprint density at radius 3 is 2.76 bits per heavy atom. The maximum absolute atomic E-state index is 5.16. The van der Waals surface area contributed by atoms with Crippen LogP contribution in [-0.2, 0) is 6.42 Å². The van der Waals surface area contributed by atoms with Crippen molar-refractivity contribution in [3.63, 3.8) is 0 Å². The Labute approximate surface area is 129 Å². The third kappa shape index (κ3) is 2.48. The number of hydrogen-bond donors (Lipinski definition) is 1. The molecule has 1 aliphatic heterocycles. The summed E-state index contributed by atoms with van der Waals surface area (Å²) in [7, 11) is 0. The highest BCUT2D eigenvalue weighted by Crippen LogP contribution is 2.38. The fraction of sp³-hybridized carbons (Fsp3) is 0.412. The van der Waals surface area contributed by atoms with Gasteiger partial charge < -0.3 is 5.32 Å². The molecule has 21 heavy (non-hydrogen) atoms. The van der Waals surface area contributed by atoms with E-state index in [9.17, 15) is 0 Å². The molecule has 2 heterocycles. The number of amidine groups is 1. The molecule has 1 aromatic carbocycles. The van der Waals surface area contributed by atoms with Gasteiger partial charge in [0.15, 0.2) is 5.13 Å². The summed E-state index contributed by atoms with van der Waals surface area (Å²) in [6.45, 7) is 0. The third-order valence-corrected chi connectivity index (χ3v) is 5.27. The van der Waals surface area contributed by atoms with Gasteiger partial charge in [0.1, 0.15) is 5.84 Å². The maximum Gasteiger partial charge on any atom is 0.188 e. The summed E-state index contributed by atoms with van der Waals surface area (Å²) in [5, 5.41) is 6.37. The molecule has 108 valence electrons. The fourth-order valence-corrected chi connectivity index (χ4v) is 4.11. The normalized spacial score (nSPS) is 19.9. The average molecular weight is 297 g/mol. The van der Waals surface area contributed by atoms with Crippen LogP contribution in [0.3, 0.4) is 0 Å². The van der Waals surface area contributed by atoms with Crippen molar-refractivity contribution in [2.75, 3.05) is 5.32 Å². The van der Waals surface area contributed by atoms with Gasteiger partial charge >= 0.3 is 0 Å². The lowest BCUT2D eigenvalue weighted by atomic mass is 9.75. The van der Waals surface area contributed by atoms with Gasteiger partial charge in [0.05, 0.1) is 5.54 Å². The molecule has 4 rings (SSSR count). The minimum atomic E-state index is 0.117. The molecule has 1 saturated carbocycles. The van der Waals surface area contributed by atoms with Crippen LogP contribution in [0.15, 0.2) is 40.8 Å². The van der Waals surface area contributed by atoms with Crippen molar-refractivity contribution >= 4 is 22.3 Å². The van der Waals surface area contributed by atoms with Crippen LogP contribution >= 0.6 is 11.3 Å². The Morgan fingerprint density at radius 2 is 1.95 bits per heavy atom. The lowest BCUT2D eigenvalue weighted by Gasteiger charge is -2.38. The van der Waals surface area contributed by atoms with Gasteiger partial charge in [-0.1, -0.05) is 43.5 Å². The van der Waals surface area contributed by atoms with E-state index in [0.717, 1.165) is 17.4 Å². The monoisotopic (exact) mass is 297 g/mol. The summed E-state index contributed by atoms with van der Waals surface area (Å²) in [5.74, 6) is 1.01. The second-order valence-electron chi connectivity index (χ2n) is 6.04. The van der Waals surface area contributed by atoms with E-state index >= 15 is 0 Å². The van der Waals surface area contributed by atoms with Crippen LogP contribution in [0.4, 0.5) is 5.13 Å². The number of nitrogens with one attached hydrogen (secondary N) is 1. The molecule has 1 aliphatic carbocycles. The van der Waals surface area contributed by atoms with Crippen molar-refractivity contribution in [3.8, 4) is 0 Å². The number of aromatic nitrogens is 1. The number of benzene rings is 1. The number of rotatable bonds is 1. The van der Waals surface area contributed by atoms with E-state index < -0.39 is 0 Å². The molecule has 0 amide bonds. The Morgan fingerprint density at radius 1 is 1.10 bits per heavy atom. The number of anilines is 1. The molecule has 0 unspecified atom stereocenters. The van der Waals surface area contributed by atoms with Crippen LogP contribution in [0.5, 0.6) is 0 Å². The third-order valence-electron chi connectivity index (χ3n) is 4.58. The SMILES string of the molecule is c1ccc2c(c1)CC1(CCCCC1)N=C2Nc1nccs1. The average Bonchev–Trinajstić information content (AvgIpc) is 3.01. The first kappa shape index (κ1) is 13.0. The standard InChI is InChI=1S/C17H19N3S/c1-4-8-17(9-5-1)12-13-6-2-3-7-14(13)15(20-17)19-16-18-10-11-21-16/h2-3,6-7,10-11H,1,4-5,8-9,12H2,(H,18,19,20). The molecule has 2 aliphatic rings. The zero-order valence-electron chi connectivity index (χ0n) is 12.0. The van der Waals surface area contributed by atoms with E-state index in [1.54, 1.807) is 11.3 Å². The molecule has 0 saturated heterocycles. The summed E-state index contributed by atoms with van der Waals surface area (Å²) < 4.78 is 0. The summed E-state index contributed by atoms with van der Waals surface area (Å²) in [6, 6.07) is 8.66. The summed E-state index contributed by atoms with van der Waals surface area (Å²) >= 11 is 1.62. The van der Waals surface area contributed by atoms with Crippen LogP contribution in [0.25, 0.3) is 0 Å². The molecule has 0 bridgehead atoms. The molecule has 0 radical (unpaired) electrons. The summed E-state index contributed by atoms with van der Waals surface area (Å²) in [6.07, 6.45) is 9.31. The number of hydrogen-bond acceptors (Lipinski definition) is 4. The minimum Gasteiger partial charge on any atom is -0.316 e. The Kier molecular flexibility index (Phi) is 3.26. The number of nitrogens with zero attached hydrogens (tertiary/aromatic N) is 2. The van der Waals surface area contributed by atoms with Gasteiger partial charge in [-0.05, 0) is 24.8 Å². The predicted octanol–water partition coefficient (Wildman–Crippen LogP) is 4.26. The van der Waals surface area contributed by atoms with E-state index in [-0.39, 0.29) is 5.54 Å². The fourth-order valence-electron chi connectivity index (χ4n) is 3.58. The van der Waals surface area contributed by atoms with Gasteiger partial charge in [-0.3, -0.25) is 4.99 Å². The highest BCUT2D eigenvalue weighted by Gasteiger charge is 2.36. The Hall–Kier alpha value is -1.68. The lowest BCUT2D eigenvalue weighted by molar-refractivity contribution is 0.294. The first-order chi connectivity index (χ1) is 10.3. The number of aliphatic imine (C=N–C) groups is 1. The van der Waals surface area contributed by atoms with Gasteiger partial charge in [0.25, 0.3) is 0 Å². The first-order valence-electron chi connectivity index (χ1n) is 7.69. The molecular formula is C17H19N3S. The topological polar surface area (TPSA) is 37.3 Å². The van der Waals surface area contributed by atoms with E-state index in [1.807, 2.05) is 11.6 Å². The van der Waals surface area contributed by atoms with Gasteiger partial charge in [-0.15, -0.1) is 11.3 Å². The zero-order valence-corrected chi connectivity index (χ0v) is 12.8. The molecule has 2 aromatic rings. The van der Waals surface area contributed by atoms with Gasteiger partial charge in [0.2, 0.25) is 0 Å². The van der Waals surface area contributed by atoms with Crippen LogP contribution in [0.2, 0.25) is 0 Å². The van der Waals surface area contributed by atoms with Crippen molar-refractivity contribution in [2.45, 2.75) is 44.1 Å². The second kappa shape index (κ2) is 5.26. The van der Waals surface area contributed by atoms with Crippen molar-refractivity contribution in [2.24, 2.45) is 4.99 Å². The second-order valence-corrected chi connectivity index (χ2v) is 6.94. The van der Waals surface area contributed by atoms with E-state index in [0.29, 0.717) is 0 Å². The first-order valence-corrected chi connectivity index (χ1v) is 8.57. The smallest absolute Gasteiger partial charge is 0.188 e. The predicted molar refractivity (Wildman–Crippen MR) is 88.2 cm³/mol. The highest BCUT2D eigenvalue weighted by molar-refractivity contribution is 7.13. The molecule has 1 spiro atoms. The molecule has 1 fully saturated rings. The molecule has 1 N–H and O–H groups in total. The minimum absolute atomic E-state index is 0.117. The number of fused-ring (bicyclic) bond motifs is 1. The van der Waals surface area contributed by atoms with Crippen molar-refractivity contribution in [1.82, 2.24) is 4.98 Å². The van der Waals surface area contributed by atoms with E-state index in [4.69, 9.17) is 4.99 Å². The summed E-state index contributed by atoms with van der Waals surface area (Å²) in [4.78, 5) is 9.50. The number of thiazole rings is 1. The van der Waals surface area contributed by atoms with Crippen LogP contribution < -0.4 is 5.32 Å². The van der Waals surface area contributed by atoms with Crippen LogP contribution in [-0.4, -0.2) is 16.4 Å². The van der Waals surface area contributed by atoms with Crippen LogP contribution in [0.1, 0.15) is 43.2 Å². The van der Waals surface area contributed by atoms with Gasteiger partial charge in [0, 0.05) is 17.1 Å². The van der Waals surface area contributed by atoms with Gasteiger partial charge in [-0.2, -0.15) is 0 Å². The Balaban J connectivity index is 1.75.